The van der Waals surface area contributed by atoms with Gasteiger partial charge in [-0.15, -0.1) is 0 Å². The van der Waals surface area contributed by atoms with Crippen molar-refractivity contribution in [1.29, 1.82) is 0 Å². The number of hydrogen-bond donors (Lipinski definition) is 2. The van der Waals surface area contributed by atoms with Crippen LogP contribution in [0.4, 0.5) is 11.5 Å². The number of rotatable bonds is 8. The van der Waals surface area contributed by atoms with E-state index in [-0.39, 0.29) is 0 Å². The van der Waals surface area contributed by atoms with Gasteiger partial charge in [0.05, 0.1) is 21.9 Å². The topological polar surface area (TPSA) is 67.1 Å². The highest BCUT2D eigenvalue weighted by molar-refractivity contribution is 6.34. The van der Waals surface area contributed by atoms with E-state index < -0.39 is 0 Å². The molecule has 0 spiro atoms. The quantitative estimate of drug-likeness (QED) is 0.558. The van der Waals surface area contributed by atoms with Crippen LogP contribution >= 0.6 is 11.6 Å². The Kier molecular flexibility index (Phi) is 6.48. The van der Waals surface area contributed by atoms with Gasteiger partial charge in [0.15, 0.2) is 0 Å². The minimum atomic E-state index is 0.664. The predicted molar refractivity (Wildman–Crippen MR) is 116 cm³/mol. The number of hydrogen-bond acceptors (Lipinski definition) is 5. The molecule has 0 fully saturated rings. The van der Waals surface area contributed by atoms with Crippen LogP contribution in [0.2, 0.25) is 5.02 Å². The van der Waals surface area contributed by atoms with Gasteiger partial charge in [-0.25, -0.2) is 4.98 Å². The largest absolute Gasteiger partial charge is 0.370 e. The number of nitrogens with zero attached hydrogens (tertiary/aromatic N) is 3. The second-order valence-electron chi connectivity index (χ2n) is 6.34. The first-order valence-corrected chi connectivity index (χ1v) is 9.80. The van der Waals surface area contributed by atoms with Gasteiger partial charge in [0.2, 0.25) is 0 Å². The molecule has 0 saturated carbocycles. The molecule has 3 N–H and O–H groups in total. The van der Waals surface area contributed by atoms with E-state index in [0.29, 0.717) is 6.54 Å². The maximum atomic E-state index is 6.54. The third-order valence-electron chi connectivity index (χ3n) is 4.60. The van der Waals surface area contributed by atoms with Crippen molar-refractivity contribution < 1.29 is 0 Å². The first-order chi connectivity index (χ1) is 13.2. The summed E-state index contributed by atoms with van der Waals surface area (Å²) in [6.07, 6.45) is 2.78. The second-order valence-corrected chi connectivity index (χ2v) is 6.74. The summed E-state index contributed by atoms with van der Waals surface area (Å²) < 4.78 is 0. The van der Waals surface area contributed by atoms with Gasteiger partial charge in [0, 0.05) is 36.8 Å². The van der Waals surface area contributed by atoms with Gasteiger partial charge in [-0.3, -0.25) is 4.98 Å². The molecule has 0 amide bonds. The lowest BCUT2D eigenvalue weighted by Gasteiger charge is -2.25. The third kappa shape index (κ3) is 4.31. The molecule has 0 bridgehead atoms. The lowest BCUT2D eigenvalue weighted by Crippen LogP contribution is -2.23. The highest BCUT2D eigenvalue weighted by atomic mass is 35.5. The van der Waals surface area contributed by atoms with Crippen molar-refractivity contribution in [2.24, 2.45) is 5.73 Å². The van der Waals surface area contributed by atoms with Gasteiger partial charge in [0.25, 0.3) is 0 Å². The lowest BCUT2D eigenvalue weighted by atomic mass is 10.1. The number of fused-ring (bicyclic) bond motifs is 1. The Morgan fingerprint density at radius 1 is 1.15 bits per heavy atom. The molecule has 0 saturated heterocycles. The standard InChI is InChI=1S/C21H26ClN5/c1-3-27(4-2)21-16(7-5-8-17(21)22)19-13-18-15(14-25-19)9-10-20(26-18)24-12-6-11-23/h5,7-10,13-14H,3-4,6,11-12,23H2,1-2H3,(H,24,26). The summed E-state index contributed by atoms with van der Waals surface area (Å²) in [6.45, 7) is 7.50. The monoisotopic (exact) mass is 383 g/mol. The smallest absolute Gasteiger partial charge is 0.126 e. The van der Waals surface area contributed by atoms with Crippen LogP contribution in [0.1, 0.15) is 20.3 Å². The number of halogens is 1. The molecule has 142 valence electrons. The fraction of sp³-hybridized carbons (Fsp3) is 0.333. The van der Waals surface area contributed by atoms with Gasteiger partial charge in [-0.2, -0.15) is 0 Å². The van der Waals surface area contributed by atoms with Crippen LogP contribution in [0, 0.1) is 0 Å². The maximum absolute atomic E-state index is 6.54. The molecular formula is C21H26ClN5. The molecule has 0 aliphatic carbocycles. The SMILES string of the molecule is CCN(CC)c1c(Cl)cccc1-c1cc2nc(NCCCN)ccc2cn1. The highest BCUT2D eigenvalue weighted by Crippen LogP contribution is 2.36. The van der Waals surface area contributed by atoms with Gasteiger partial charge in [0.1, 0.15) is 5.82 Å². The van der Waals surface area contributed by atoms with Crippen molar-refractivity contribution in [2.45, 2.75) is 20.3 Å². The first kappa shape index (κ1) is 19.4. The third-order valence-corrected chi connectivity index (χ3v) is 4.91. The van der Waals surface area contributed by atoms with E-state index in [1.165, 1.54) is 0 Å². The fourth-order valence-electron chi connectivity index (χ4n) is 3.16. The Bertz CT molecular complexity index is 908. The number of benzene rings is 1. The summed E-state index contributed by atoms with van der Waals surface area (Å²) in [4.78, 5) is 11.7. The number of para-hydroxylation sites is 1. The van der Waals surface area contributed by atoms with E-state index in [1.807, 2.05) is 36.5 Å². The Morgan fingerprint density at radius 3 is 2.70 bits per heavy atom. The number of pyridine rings is 2. The molecule has 6 heteroatoms. The summed E-state index contributed by atoms with van der Waals surface area (Å²) in [5, 5.41) is 5.06. The van der Waals surface area contributed by atoms with E-state index in [2.05, 4.69) is 35.1 Å². The summed E-state index contributed by atoms with van der Waals surface area (Å²) in [5.41, 5.74) is 9.38. The zero-order valence-corrected chi connectivity index (χ0v) is 16.6. The van der Waals surface area contributed by atoms with Crippen molar-refractivity contribution in [2.75, 3.05) is 36.4 Å². The molecule has 27 heavy (non-hydrogen) atoms. The molecular weight excluding hydrogens is 358 g/mol. The van der Waals surface area contributed by atoms with Crippen LogP contribution in [0.15, 0.2) is 42.6 Å². The maximum Gasteiger partial charge on any atom is 0.126 e. The molecule has 0 aliphatic rings. The second kappa shape index (κ2) is 9.02. The molecule has 2 aromatic heterocycles. The summed E-state index contributed by atoms with van der Waals surface area (Å²) in [6, 6.07) is 12.0. The van der Waals surface area contributed by atoms with E-state index in [9.17, 15) is 0 Å². The molecule has 0 unspecified atom stereocenters. The Balaban J connectivity index is 2.03. The predicted octanol–water partition coefficient (Wildman–Crippen LogP) is 4.56. The van der Waals surface area contributed by atoms with Crippen molar-refractivity contribution in [3.8, 4) is 11.3 Å². The van der Waals surface area contributed by atoms with E-state index in [1.54, 1.807) is 0 Å². The summed E-state index contributed by atoms with van der Waals surface area (Å²) in [7, 11) is 0. The average molecular weight is 384 g/mol. The van der Waals surface area contributed by atoms with E-state index >= 15 is 0 Å². The van der Waals surface area contributed by atoms with Gasteiger partial charge < -0.3 is 16.0 Å². The molecule has 3 rings (SSSR count). The number of anilines is 2. The van der Waals surface area contributed by atoms with Crippen molar-refractivity contribution in [3.63, 3.8) is 0 Å². The molecule has 3 aromatic rings. The van der Waals surface area contributed by atoms with Crippen molar-refractivity contribution in [3.05, 3.63) is 47.6 Å². The minimum absolute atomic E-state index is 0.664. The van der Waals surface area contributed by atoms with Gasteiger partial charge in [-0.1, -0.05) is 23.7 Å². The Hall–Kier alpha value is -2.37. The zero-order valence-electron chi connectivity index (χ0n) is 15.9. The minimum Gasteiger partial charge on any atom is -0.370 e. The molecule has 5 nitrogen and oxygen atoms in total. The summed E-state index contributed by atoms with van der Waals surface area (Å²) in [5.74, 6) is 0.850. The fourth-order valence-corrected chi connectivity index (χ4v) is 3.46. The number of nitrogens with one attached hydrogen (secondary N) is 1. The van der Waals surface area contributed by atoms with Crippen LogP contribution in [0.3, 0.4) is 0 Å². The van der Waals surface area contributed by atoms with E-state index in [4.69, 9.17) is 22.3 Å². The Morgan fingerprint density at radius 2 is 1.96 bits per heavy atom. The molecule has 1 aromatic carbocycles. The van der Waals surface area contributed by atoms with E-state index in [0.717, 1.165) is 64.7 Å². The van der Waals surface area contributed by atoms with Crippen LogP contribution in [0.5, 0.6) is 0 Å². The number of aromatic nitrogens is 2. The summed E-state index contributed by atoms with van der Waals surface area (Å²) >= 11 is 6.54. The molecule has 0 radical (unpaired) electrons. The normalized spacial score (nSPS) is 11.0. The van der Waals surface area contributed by atoms with Crippen LogP contribution in [0.25, 0.3) is 22.2 Å². The van der Waals surface area contributed by atoms with Crippen molar-refractivity contribution >= 4 is 34.0 Å². The highest BCUT2D eigenvalue weighted by Gasteiger charge is 2.15. The van der Waals surface area contributed by atoms with Gasteiger partial charge in [-0.05, 0) is 51.1 Å². The van der Waals surface area contributed by atoms with Crippen molar-refractivity contribution in [1.82, 2.24) is 9.97 Å². The first-order valence-electron chi connectivity index (χ1n) is 9.42. The van der Waals surface area contributed by atoms with Crippen LogP contribution < -0.4 is 16.0 Å². The lowest BCUT2D eigenvalue weighted by molar-refractivity contribution is 0.867. The average Bonchev–Trinajstić information content (AvgIpc) is 2.69. The molecule has 0 aliphatic heterocycles. The Labute approximate surface area is 165 Å². The molecule has 2 heterocycles. The number of nitrogens with two attached hydrogens (primary N) is 1. The zero-order chi connectivity index (χ0) is 19.2. The van der Waals surface area contributed by atoms with Crippen LogP contribution in [-0.4, -0.2) is 36.1 Å². The molecule has 0 atom stereocenters. The van der Waals surface area contributed by atoms with Gasteiger partial charge >= 0.3 is 0 Å². The van der Waals surface area contributed by atoms with Crippen LogP contribution in [-0.2, 0) is 0 Å².